The summed E-state index contributed by atoms with van der Waals surface area (Å²) in [4.78, 5) is 23.6. The third-order valence-corrected chi connectivity index (χ3v) is 5.38. The molecule has 1 aliphatic rings. The molecule has 2 rings (SSSR count). The second-order valence-corrected chi connectivity index (χ2v) is 7.22. The number of rotatable bonds is 5. The Kier molecular flexibility index (Phi) is 6.66. The van der Waals surface area contributed by atoms with Crippen molar-refractivity contribution >= 4 is 27.8 Å². The summed E-state index contributed by atoms with van der Waals surface area (Å²) in [5, 5.41) is 3.07. The van der Waals surface area contributed by atoms with Crippen LogP contribution in [0.25, 0.3) is 0 Å². The van der Waals surface area contributed by atoms with Gasteiger partial charge in [-0.15, -0.1) is 0 Å². The van der Waals surface area contributed by atoms with Crippen LogP contribution < -0.4 is 10.1 Å². The van der Waals surface area contributed by atoms with Crippen LogP contribution in [-0.2, 0) is 9.53 Å². The summed E-state index contributed by atoms with van der Waals surface area (Å²) >= 11 is 3.35. The summed E-state index contributed by atoms with van der Waals surface area (Å²) < 4.78 is 10.8. The molecule has 0 aliphatic heterocycles. The van der Waals surface area contributed by atoms with Gasteiger partial charge >= 0.3 is 5.97 Å². The molecule has 1 fully saturated rings. The Morgan fingerprint density at radius 2 is 2.04 bits per heavy atom. The zero-order valence-electron chi connectivity index (χ0n) is 14.3. The molecule has 24 heavy (non-hydrogen) atoms. The number of hydrogen-bond donors (Lipinski definition) is 1. The van der Waals surface area contributed by atoms with Crippen molar-refractivity contribution in [2.75, 3.05) is 13.7 Å². The molecule has 0 saturated heterocycles. The number of carbonyl (C=O) groups is 2. The van der Waals surface area contributed by atoms with Gasteiger partial charge in [-0.2, -0.15) is 0 Å². The van der Waals surface area contributed by atoms with E-state index >= 15 is 0 Å². The van der Waals surface area contributed by atoms with Gasteiger partial charge in [-0.05, 0) is 52.4 Å². The molecule has 1 aliphatic carbocycles. The minimum atomic E-state index is -0.416. The van der Waals surface area contributed by atoms with Crippen molar-refractivity contribution in [3.8, 4) is 5.75 Å². The predicted octanol–water partition coefficient (Wildman–Crippen LogP) is 3.56. The van der Waals surface area contributed by atoms with E-state index in [9.17, 15) is 9.59 Å². The first kappa shape index (κ1) is 18.8. The van der Waals surface area contributed by atoms with E-state index in [0.717, 1.165) is 12.8 Å². The smallest absolute Gasteiger partial charge is 0.337 e. The van der Waals surface area contributed by atoms with Crippen LogP contribution in [0, 0.1) is 11.8 Å². The SMILES string of the molecule is COC(=O)c1ccc(OCC(=O)NC2CCCC(C)C2C)c(Br)c1. The molecule has 1 saturated carbocycles. The molecule has 1 amide bonds. The first-order chi connectivity index (χ1) is 11.4. The van der Waals surface area contributed by atoms with Gasteiger partial charge in [0, 0.05) is 6.04 Å². The third-order valence-electron chi connectivity index (χ3n) is 4.76. The fourth-order valence-corrected chi connectivity index (χ4v) is 3.53. The molecule has 1 aromatic carbocycles. The largest absolute Gasteiger partial charge is 0.483 e. The van der Waals surface area contributed by atoms with Crippen LogP contribution in [0.3, 0.4) is 0 Å². The van der Waals surface area contributed by atoms with Gasteiger partial charge in [-0.3, -0.25) is 4.79 Å². The van der Waals surface area contributed by atoms with Crippen LogP contribution in [0.2, 0.25) is 0 Å². The van der Waals surface area contributed by atoms with Gasteiger partial charge < -0.3 is 14.8 Å². The van der Waals surface area contributed by atoms with Crippen LogP contribution in [0.15, 0.2) is 22.7 Å². The van der Waals surface area contributed by atoms with Crippen LogP contribution in [0.5, 0.6) is 5.75 Å². The Morgan fingerprint density at radius 3 is 2.71 bits per heavy atom. The minimum absolute atomic E-state index is 0.0478. The number of nitrogens with one attached hydrogen (secondary N) is 1. The number of benzene rings is 1. The second kappa shape index (κ2) is 8.51. The lowest BCUT2D eigenvalue weighted by Gasteiger charge is -2.34. The van der Waals surface area contributed by atoms with Crippen molar-refractivity contribution in [2.24, 2.45) is 11.8 Å². The lowest BCUT2D eigenvalue weighted by molar-refractivity contribution is -0.124. The van der Waals surface area contributed by atoms with Gasteiger partial charge in [0.2, 0.25) is 0 Å². The van der Waals surface area contributed by atoms with Gasteiger partial charge in [0.25, 0.3) is 5.91 Å². The van der Waals surface area contributed by atoms with Crippen LogP contribution in [0.4, 0.5) is 0 Å². The van der Waals surface area contributed by atoms with E-state index in [-0.39, 0.29) is 18.6 Å². The molecule has 3 atom stereocenters. The zero-order chi connectivity index (χ0) is 17.7. The maximum absolute atomic E-state index is 12.1. The van der Waals surface area contributed by atoms with E-state index in [0.29, 0.717) is 27.6 Å². The number of carbonyl (C=O) groups excluding carboxylic acids is 2. The number of ether oxygens (including phenoxy) is 2. The third kappa shape index (κ3) is 4.72. The molecule has 0 radical (unpaired) electrons. The molecule has 1 N–H and O–H groups in total. The molecule has 6 heteroatoms. The van der Waals surface area contributed by atoms with Gasteiger partial charge in [0.15, 0.2) is 6.61 Å². The highest BCUT2D eigenvalue weighted by molar-refractivity contribution is 9.10. The average Bonchev–Trinajstić information content (AvgIpc) is 2.57. The van der Waals surface area contributed by atoms with Crippen molar-refractivity contribution in [1.29, 1.82) is 0 Å². The number of esters is 1. The topological polar surface area (TPSA) is 64.6 Å². The average molecular weight is 398 g/mol. The van der Waals surface area contributed by atoms with E-state index < -0.39 is 5.97 Å². The Hall–Kier alpha value is -1.56. The molecule has 0 aromatic heterocycles. The van der Waals surface area contributed by atoms with Crippen molar-refractivity contribution < 1.29 is 19.1 Å². The maximum Gasteiger partial charge on any atom is 0.337 e. The summed E-state index contributed by atoms with van der Waals surface area (Å²) in [7, 11) is 1.33. The Bertz CT molecular complexity index is 605. The van der Waals surface area contributed by atoms with Crippen molar-refractivity contribution in [3.63, 3.8) is 0 Å². The Balaban J connectivity index is 1.88. The summed E-state index contributed by atoms with van der Waals surface area (Å²) in [6, 6.07) is 5.09. The molecule has 0 spiro atoms. The van der Waals surface area contributed by atoms with Gasteiger partial charge in [-0.1, -0.05) is 26.7 Å². The summed E-state index contributed by atoms with van der Waals surface area (Å²) in [6.45, 7) is 4.38. The summed E-state index contributed by atoms with van der Waals surface area (Å²) in [5.41, 5.74) is 0.422. The molecular weight excluding hydrogens is 374 g/mol. The van der Waals surface area contributed by atoms with E-state index in [1.165, 1.54) is 13.5 Å². The molecule has 5 nitrogen and oxygen atoms in total. The van der Waals surface area contributed by atoms with Crippen LogP contribution >= 0.6 is 15.9 Å². The number of hydrogen-bond acceptors (Lipinski definition) is 4. The number of halogens is 1. The minimum Gasteiger partial charge on any atom is -0.483 e. The normalized spacial score (nSPS) is 23.4. The molecule has 132 valence electrons. The molecule has 1 aromatic rings. The summed E-state index contributed by atoms with van der Waals surface area (Å²) in [6.07, 6.45) is 3.40. The molecule has 0 bridgehead atoms. The van der Waals surface area contributed by atoms with Crippen LogP contribution in [0.1, 0.15) is 43.5 Å². The molecular formula is C18H24BrNO4. The lowest BCUT2D eigenvalue weighted by Crippen LogP contribution is -2.45. The lowest BCUT2D eigenvalue weighted by atomic mass is 9.78. The van der Waals surface area contributed by atoms with E-state index in [2.05, 4.69) is 39.8 Å². The van der Waals surface area contributed by atoms with Gasteiger partial charge in [-0.25, -0.2) is 4.79 Å². The molecule has 3 unspecified atom stereocenters. The highest BCUT2D eigenvalue weighted by atomic mass is 79.9. The van der Waals surface area contributed by atoms with Gasteiger partial charge in [0.05, 0.1) is 17.1 Å². The van der Waals surface area contributed by atoms with E-state index in [1.54, 1.807) is 18.2 Å². The Labute approximate surface area is 151 Å². The zero-order valence-corrected chi connectivity index (χ0v) is 15.9. The highest BCUT2D eigenvalue weighted by Gasteiger charge is 2.28. The molecule has 0 heterocycles. The van der Waals surface area contributed by atoms with E-state index in [4.69, 9.17) is 4.74 Å². The Morgan fingerprint density at radius 1 is 1.29 bits per heavy atom. The second-order valence-electron chi connectivity index (χ2n) is 6.37. The predicted molar refractivity (Wildman–Crippen MR) is 95.1 cm³/mol. The maximum atomic E-state index is 12.1. The van der Waals surface area contributed by atoms with Crippen molar-refractivity contribution in [2.45, 2.75) is 39.2 Å². The fraction of sp³-hybridized carbons (Fsp3) is 0.556. The summed E-state index contributed by atoms with van der Waals surface area (Å²) in [5.74, 6) is 1.09. The van der Waals surface area contributed by atoms with Crippen molar-refractivity contribution in [1.82, 2.24) is 5.32 Å². The quantitative estimate of drug-likeness (QED) is 0.771. The van der Waals surface area contributed by atoms with Crippen molar-refractivity contribution in [3.05, 3.63) is 28.2 Å². The van der Waals surface area contributed by atoms with Gasteiger partial charge in [0.1, 0.15) is 5.75 Å². The first-order valence-corrected chi connectivity index (χ1v) is 9.01. The fourth-order valence-electron chi connectivity index (χ4n) is 3.04. The monoisotopic (exact) mass is 397 g/mol. The standard InChI is InChI=1S/C18H24BrNO4/c1-11-5-4-6-15(12(11)2)20-17(21)10-24-16-8-7-13(9-14(16)19)18(22)23-3/h7-9,11-12,15H,4-6,10H2,1-3H3,(H,20,21). The number of methoxy groups -OCH3 is 1. The first-order valence-electron chi connectivity index (χ1n) is 8.22. The van der Waals surface area contributed by atoms with Crippen LogP contribution in [-0.4, -0.2) is 31.6 Å². The number of amides is 1. The highest BCUT2D eigenvalue weighted by Crippen LogP contribution is 2.29. The van der Waals surface area contributed by atoms with E-state index in [1.807, 2.05) is 0 Å².